The van der Waals surface area contributed by atoms with Crippen molar-refractivity contribution in [3.05, 3.63) is 35.4 Å². The summed E-state index contributed by atoms with van der Waals surface area (Å²) in [6.07, 6.45) is 4.99. The Labute approximate surface area is 117 Å². The number of amides is 1. The van der Waals surface area contributed by atoms with Gasteiger partial charge in [-0.3, -0.25) is 4.79 Å². The predicted octanol–water partition coefficient (Wildman–Crippen LogP) is 2.47. The Hall–Kier alpha value is -2.10. The molecule has 4 nitrogen and oxygen atoms in total. The van der Waals surface area contributed by atoms with Crippen molar-refractivity contribution in [1.29, 1.82) is 0 Å². The molecule has 0 spiro atoms. The van der Waals surface area contributed by atoms with Crippen LogP contribution in [0.4, 0.5) is 5.69 Å². The third kappa shape index (κ3) is 2.11. The second-order valence-electron chi connectivity index (χ2n) is 5.54. The van der Waals surface area contributed by atoms with Gasteiger partial charge in [-0.1, -0.05) is 12.5 Å². The number of fused-ring (bicyclic) bond motifs is 1. The molecule has 0 atom stereocenters. The molecule has 0 saturated heterocycles. The van der Waals surface area contributed by atoms with Crippen molar-refractivity contribution in [3.8, 4) is 0 Å². The number of hydrogen-bond donors (Lipinski definition) is 1. The largest absolute Gasteiger partial charge is 0.478 e. The van der Waals surface area contributed by atoms with Gasteiger partial charge in [0.1, 0.15) is 0 Å². The van der Waals surface area contributed by atoms with Crippen molar-refractivity contribution >= 4 is 23.1 Å². The molecular weight excluding hydrogens is 254 g/mol. The summed E-state index contributed by atoms with van der Waals surface area (Å²) in [6, 6.07) is 5.83. The van der Waals surface area contributed by atoms with E-state index < -0.39 is 5.97 Å². The maximum Gasteiger partial charge on any atom is 0.328 e. The number of carboxylic acids is 1. The topological polar surface area (TPSA) is 57.6 Å². The van der Waals surface area contributed by atoms with E-state index in [0.717, 1.165) is 41.6 Å². The zero-order valence-corrected chi connectivity index (χ0v) is 11.4. The molecule has 4 heteroatoms. The SMILES string of the molecule is CN1C(=O)Cc2cc(/C(=C/C(=O)O)C3CCC3)ccc21. The van der Waals surface area contributed by atoms with Crippen molar-refractivity contribution in [2.75, 3.05) is 11.9 Å². The lowest BCUT2D eigenvalue weighted by Gasteiger charge is -2.28. The third-order valence-corrected chi connectivity index (χ3v) is 4.31. The van der Waals surface area contributed by atoms with Crippen LogP contribution in [0.2, 0.25) is 0 Å². The first kappa shape index (κ1) is 12.9. The molecule has 1 aromatic rings. The van der Waals surface area contributed by atoms with Crippen LogP contribution in [0.5, 0.6) is 0 Å². The molecule has 1 N–H and O–H groups in total. The number of hydrogen-bond acceptors (Lipinski definition) is 2. The fourth-order valence-electron chi connectivity index (χ4n) is 2.94. The molecule has 0 bridgehead atoms. The van der Waals surface area contributed by atoms with Crippen LogP contribution in [0.15, 0.2) is 24.3 Å². The summed E-state index contributed by atoms with van der Waals surface area (Å²) in [5.41, 5.74) is 3.76. The Balaban J connectivity index is 1.99. The van der Waals surface area contributed by atoms with Crippen LogP contribution < -0.4 is 4.90 Å². The highest BCUT2D eigenvalue weighted by Gasteiger charge is 2.27. The highest BCUT2D eigenvalue weighted by Crippen LogP contribution is 2.40. The van der Waals surface area contributed by atoms with Crippen LogP contribution in [-0.2, 0) is 16.0 Å². The molecule has 1 aliphatic carbocycles. The maximum atomic E-state index is 11.7. The van der Waals surface area contributed by atoms with E-state index in [9.17, 15) is 9.59 Å². The van der Waals surface area contributed by atoms with Crippen molar-refractivity contribution in [3.63, 3.8) is 0 Å². The van der Waals surface area contributed by atoms with Gasteiger partial charge >= 0.3 is 5.97 Å². The number of rotatable bonds is 3. The van der Waals surface area contributed by atoms with Crippen molar-refractivity contribution < 1.29 is 14.7 Å². The fourth-order valence-corrected chi connectivity index (χ4v) is 2.94. The van der Waals surface area contributed by atoms with Gasteiger partial charge in [-0.2, -0.15) is 0 Å². The average Bonchev–Trinajstić information content (AvgIpc) is 2.61. The van der Waals surface area contributed by atoms with E-state index in [0.29, 0.717) is 12.3 Å². The first-order valence-corrected chi connectivity index (χ1v) is 6.90. The van der Waals surface area contributed by atoms with Gasteiger partial charge in [0, 0.05) is 18.8 Å². The molecule has 1 aliphatic heterocycles. The average molecular weight is 271 g/mol. The molecule has 3 rings (SSSR count). The van der Waals surface area contributed by atoms with Gasteiger partial charge in [0.2, 0.25) is 5.91 Å². The zero-order chi connectivity index (χ0) is 14.3. The molecule has 0 unspecified atom stereocenters. The minimum atomic E-state index is -0.902. The van der Waals surface area contributed by atoms with Crippen molar-refractivity contribution in [2.45, 2.75) is 25.7 Å². The molecule has 1 fully saturated rings. The first-order valence-electron chi connectivity index (χ1n) is 6.90. The van der Waals surface area contributed by atoms with E-state index >= 15 is 0 Å². The summed E-state index contributed by atoms with van der Waals surface area (Å²) in [5, 5.41) is 9.05. The van der Waals surface area contributed by atoms with Crippen LogP contribution in [0, 0.1) is 5.92 Å². The molecular formula is C16H17NO3. The van der Waals surface area contributed by atoms with Gasteiger partial charge in [0.25, 0.3) is 0 Å². The highest BCUT2D eigenvalue weighted by molar-refractivity contribution is 6.01. The smallest absolute Gasteiger partial charge is 0.328 e. The normalized spacial score (nSPS) is 18.9. The lowest BCUT2D eigenvalue weighted by Crippen LogP contribution is -2.20. The number of aliphatic carboxylic acids is 1. The van der Waals surface area contributed by atoms with Gasteiger partial charge < -0.3 is 10.0 Å². The summed E-state index contributed by atoms with van der Waals surface area (Å²) in [5.74, 6) is -0.468. The Morgan fingerprint density at radius 2 is 2.15 bits per heavy atom. The van der Waals surface area contributed by atoms with Gasteiger partial charge in [-0.15, -0.1) is 0 Å². The number of benzene rings is 1. The fraction of sp³-hybridized carbons (Fsp3) is 0.375. The van der Waals surface area contributed by atoms with Crippen LogP contribution >= 0.6 is 0 Å². The molecule has 1 heterocycles. The quantitative estimate of drug-likeness (QED) is 0.859. The summed E-state index contributed by atoms with van der Waals surface area (Å²) in [7, 11) is 1.77. The minimum Gasteiger partial charge on any atom is -0.478 e. The van der Waals surface area contributed by atoms with Crippen molar-refractivity contribution in [1.82, 2.24) is 0 Å². The first-order chi connectivity index (χ1) is 9.56. The molecule has 20 heavy (non-hydrogen) atoms. The van der Waals surface area contributed by atoms with Crippen LogP contribution in [0.1, 0.15) is 30.4 Å². The van der Waals surface area contributed by atoms with E-state index in [-0.39, 0.29) is 5.91 Å². The van der Waals surface area contributed by atoms with Crippen LogP contribution in [0.3, 0.4) is 0 Å². The third-order valence-electron chi connectivity index (χ3n) is 4.31. The van der Waals surface area contributed by atoms with Gasteiger partial charge in [0.05, 0.1) is 6.42 Å². The lowest BCUT2D eigenvalue weighted by atomic mass is 9.76. The predicted molar refractivity (Wildman–Crippen MR) is 76.5 cm³/mol. The van der Waals surface area contributed by atoms with E-state index in [1.165, 1.54) is 6.08 Å². The van der Waals surface area contributed by atoms with E-state index in [2.05, 4.69) is 0 Å². The van der Waals surface area contributed by atoms with E-state index in [4.69, 9.17) is 5.11 Å². The van der Waals surface area contributed by atoms with Gasteiger partial charge in [0.15, 0.2) is 0 Å². The summed E-state index contributed by atoms with van der Waals surface area (Å²) in [4.78, 5) is 24.4. The number of carboxylic acid groups (broad SMARTS) is 1. The summed E-state index contributed by atoms with van der Waals surface area (Å²) >= 11 is 0. The second-order valence-corrected chi connectivity index (χ2v) is 5.54. The maximum absolute atomic E-state index is 11.7. The molecule has 1 aromatic carbocycles. The summed E-state index contributed by atoms with van der Waals surface area (Å²) in [6.45, 7) is 0. The van der Waals surface area contributed by atoms with Gasteiger partial charge in [-0.25, -0.2) is 4.79 Å². The number of nitrogens with zero attached hydrogens (tertiary/aromatic N) is 1. The molecule has 0 aromatic heterocycles. The summed E-state index contributed by atoms with van der Waals surface area (Å²) < 4.78 is 0. The van der Waals surface area contributed by atoms with E-state index in [1.54, 1.807) is 11.9 Å². The molecule has 1 saturated carbocycles. The Morgan fingerprint density at radius 1 is 1.40 bits per heavy atom. The Kier molecular flexibility index (Phi) is 3.08. The molecule has 104 valence electrons. The molecule has 0 radical (unpaired) electrons. The number of anilines is 1. The number of carbonyl (C=O) groups excluding carboxylic acids is 1. The van der Waals surface area contributed by atoms with E-state index in [1.807, 2.05) is 18.2 Å². The highest BCUT2D eigenvalue weighted by atomic mass is 16.4. The molecule has 1 amide bonds. The monoisotopic (exact) mass is 271 g/mol. The second kappa shape index (κ2) is 4.78. The molecule has 2 aliphatic rings. The minimum absolute atomic E-state index is 0.0876. The Morgan fingerprint density at radius 3 is 2.75 bits per heavy atom. The number of likely N-dealkylation sites (N-methyl/N-ethyl adjacent to an activating group) is 1. The van der Waals surface area contributed by atoms with Crippen LogP contribution in [0.25, 0.3) is 5.57 Å². The van der Waals surface area contributed by atoms with Gasteiger partial charge in [-0.05, 0) is 47.6 Å². The standard InChI is InChI=1S/C16H17NO3/c1-17-14-6-5-11(7-12(14)8-15(17)18)13(9-16(19)20)10-3-2-4-10/h5-7,9-10H,2-4,8H2,1H3,(H,19,20)/b13-9+. The number of carbonyl (C=O) groups is 2. The van der Waals surface area contributed by atoms with Crippen molar-refractivity contribution in [2.24, 2.45) is 5.92 Å². The lowest BCUT2D eigenvalue weighted by molar-refractivity contribution is -0.131. The van der Waals surface area contributed by atoms with Crippen LogP contribution in [-0.4, -0.2) is 24.0 Å². The Bertz CT molecular complexity index is 614. The number of allylic oxidation sites excluding steroid dienone is 1. The zero-order valence-electron chi connectivity index (χ0n) is 11.4.